The number of ketones is 1. The zero-order valence-corrected chi connectivity index (χ0v) is 11.8. The molecule has 2 fully saturated rings. The molecule has 0 radical (unpaired) electrons. The van der Waals surface area contributed by atoms with Crippen LogP contribution in [0, 0.1) is 0 Å². The number of fused-ring (bicyclic) bond motifs is 1. The molecule has 2 aliphatic heterocycles. The molecule has 2 heterocycles. The van der Waals surface area contributed by atoms with Gasteiger partial charge in [-0.2, -0.15) is 0 Å². The van der Waals surface area contributed by atoms with Crippen molar-refractivity contribution < 1.29 is 4.79 Å². The fraction of sp³-hybridized carbons (Fsp3) is 0.533. The van der Waals surface area contributed by atoms with Crippen LogP contribution in [0.25, 0.3) is 0 Å². The zero-order valence-electron chi connectivity index (χ0n) is 11.0. The summed E-state index contributed by atoms with van der Waals surface area (Å²) < 4.78 is 0. The molecule has 1 atom stereocenters. The topological polar surface area (TPSA) is 23.6 Å². The van der Waals surface area contributed by atoms with Gasteiger partial charge in [0.15, 0.2) is 5.78 Å². The van der Waals surface area contributed by atoms with Crippen LogP contribution >= 0.6 is 11.6 Å². The van der Waals surface area contributed by atoms with Crippen molar-refractivity contribution in [3.63, 3.8) is 0 Å². The molecular weight excluding hydrogens is 260 g/mol. The smallest absolute Gasteiger partial charge is 0.176 e. The highest BCUT2D eigenvalue weighted by molar-refractivity contribution is 6.31. The Kier molecular flexibility index (Phi) is 3.87. The van der Waals surface area contributed by atoms with Gasteiger partial charge in [0.25, 0.3) is 0 Å². The minimum atomic E-state index is 0.175. The number of rotatable bonds is 3. The fourth-order valence-corrected chi connectivity index (χ4v) is 3.35. The first kappa shape index (κ1) is 13.1. The zero-order chi connectivity index (χ0) is 13.2. The Morgan fingerprint density at radius 3 is 3.05 bits per heavy atom. The van der Waals surface area contributed by atoms with Crippen LogP contribution in [0.4, 0.5) is 0 Å². The summed E-state index contributed by atoms with van der Waals surface area (Å²) in [5.41, 5.74) is 0.723. The van der Waals surface area contributed by atoms with Crippen LogP contribution in [0.2, 0.25) is 5.02 Å². The SMILES string of the molecule is O=C(CN1CCN2CCCC2C1)c1cccc(Cl)c1. The van der Waals surface area contributed by atoms with E-state index in [-0.39, 0.29) is 5.78 Å². The van der Waals surface area contributed by atoms with Gasteiger partial charge in [-0.25, -0.2) is 0 Å². The third-order valence-corrected chi connectivity index (χ3v) is 4.42. The summed E-state index contributed by atoms with van der Waals surface area (Å²) in [7, 11) is 0. The first-order valence-electron chi connectivity index (χ1n) is 6.97. The van der Waals surface area contributed by atoms with Gasteiger partial charge in [0, 0.05) is 36.3 Å². The third kappa shape index (κ3) is 2.99. The molecule has 0 N–H and O–H groups in total. The van der Waals surface area contributed by atoms with E-state index in [0.29, 0.717) is 17.6 Å². The number of carbonyl (C=O) groups excluding carboxylic acids is 1. The van der Waals surface area contributed by atoms with Crippen LogP contribution in [0.5, 0.6) is 0 Å². The van der Waals surface area contributed by atoms with Gasteiger partial charge in [0.05, 0.1) is 6.54 Å². The molecule has 0 spiro atoms. The highest BCUT2D eigenvalue weighted by Gasteiger charge is 2.31. The molecular formula is C15H19ClN2O. The molecule has 3 rings (SSSR count). The van der Waals surface area contributed by atoms with E-state index in [4.69, 9.17) is 11.6 Å². The molecule has 1 aromatic rings. The van der Waals surface area contributed by atoms with Crippen LogP contribution in [-0.4, -0.2) is 54.3 Å². The maximum Gasteiger partial charge on any atom is 0.176 e. The van der Waals surface area contributed by atoms with Gasteiger partial charge in [-0.05, 0) is 31.5 Å². The number of hydrogen-bond acceptors (Lipinski definition) is 3. The summed E-state index contributed by atoms with van der Waals surface area (Å²) in [5.74, 6) is 0.175. The quantitative estimate of drug-likeness (QED) is 0.793. The highest BCUT2D eigenvalue weighted by atomic mass is 35.5. The van der Waals surface area contributed by atoms with Crippen molar-refractivity contribution in [2.45, 2.75) is 18.9 Å². The molecule has 0 bridgehead atoms. The van der Waals surface area contributed by atoms with Crippen molar-refractivity contribution >= 4 is 17.4 Å². The van der Waals surface area contributed by atoms with E-state index in [0.717, 1.165) is 25.2 Å². The molecule has 0 saturated carbocycles. The highest BCUT2D eigenvalue weighted by Crippen LogP contribution is 2.21. The summed E-state index contributed by atoms with van der Waals surface area (Å²) >= 11 is 5.93. The summed E-state index contributed by atoms with van der Waals surface area (Å²) in [5, 5.41) is 0.631. The van der Waals surface area contributed by atoms with Crippen LogP contribution in [0.1, 0.15) is 23.2 Å². The van der Waals surface area contributed by atoms with Gasteiger partial charge in [-0.3, -0.25) is 14.6 Å². The second-order valence-corrected chi connectivity index (χ2v) is 5.94. The summed E-state index contributed by atoms with van der Waals surface area (Å²) in [4.78, 5) is 17.1. The molecule has 4 heteroatoms. The molecule has 3 nitrogen and oxygen atoms in total. The van der Waals surface area contributed by atoms with Gasteiger partial charge < -0.3 is 0 Å². The van der Waals surface area contributed by atoms with Gasteiger partial charge in [-0.15, -0.1) is 0 Å². The normalized spacial score (nSPS) is 24.4. The Morgan fingerprint density at radius 1 is 1.32 bits per heavy atom. The van der Waals surface area contributed by atoms with E-state index in [1.807, 2.05) is 12.1 Å². The van der Waals surface area contributed by atoms with E-state index < -0.39 is 0 Å². The van der Waals surface area contributed by atoms with E-state index in [2.05, 4.69) is 9.80 Å². The van der Waals surface area contributed by atoms with Crippen LogP contribution < -0.4 is 0 Å². The van der Waals surface area contributed by atoms with Gasteiger partial charge in [-0.1, -0.05) is 23.7 Å². The Hall–Kier alpha value is -0.900. The van der Waals surface area contributed by atoms with Gasteiger partial charge in [0.2, 0.25) is 0 Å². The summed E-state index contributed by atoms with van der Waals surface area (Å²) in [6, 6.07) is 7.91. The first-order chi connectivity index (χ1) is 9.22. The van der Waals surface area contributed by atoms with Crippen LogP contribution in [0.3, 0.4) is 0 Å². The second-order valence-electron chi connectivity index (χ2n) is 5.50. The number of piperazine rings is 1. The average molecular weight is 279 g/mol. The molecule has 0 aliphatic carbocycles. The Bertz CT molecular complexity index is 477. The fourth-order valence-electron chi connectivity index (χ4n) is 3.16. The van der Waals surface area contributed by atoms with E-state index in [1.165, 1.54) is 19.4 Å². The summed E-state index contributed by atoms with van der Waals surface area (Å²) in [6.07, 6.45) is 2.59. The molecule has 0 amide bonds. The minimum absolute atomic E-state index is 0.175. The van der Waals surface area contributed by atoms with Crippen molar-refractivity contribution in [1.82, 2.24) is 9.80 Å². The van der Waals surface area contributed by atoms with Gasteiger partial charge in [0.1, 0.15) is 0 Å². The molecule has 0 aromatic heterocycles. The van der Waals surface area contributed by atoms with Crippen molar-refractivity contribution in [2.24, 2.45) is 0 Å². The lowest BCUT2D eigenvalue weighted by Crippen LogP contribution is -2.51. The van der Waals surface area contributed by atoms with E-state index >= 15 is 0 Å². The van der Waals surface area contributed by atoms with Crippen LogP contribution in [0.15, 0.2) is 24.3 Å². The largest absolute Gasteiger partial charge is 0.298 e. The molecule has 19 heavy (non-hydrogen) atoms. The molecule has 102 valence electrons. The Morgan fingerprint density at radius 2 is 2.21 bits per heavy atom. The molecule has 1 aromatic carbocycles. The lowest BCUT2D eigenvalue weighted by molar-refractivity contribution is 0.0784. The molecule has 1 unspecified atom stereocenters. The van der Waals surface area contributed by atoms with Crippen molar-refractivity contribution in [2.75, 3.05) is 32.7 Å². The average Bonchev–Trinajstić information content (AvgIpc) is 2.86. The predicted octanol–water partition coefficient (Wildman–Crippen LogP) is 2.30. The number of carbonyl (C=O) groups is 1. The number of benzene rings is 1. The number of nitrogens with zero attached hydrogens (tertiary/aromatic N) is 2. The lowest BCUT2D eigenvalue weighted by Gasteiger charge is -2.37. The number of hydrogen-bond donors (Lipinski definition) is 0. The summed E-state index contributed by atoms with van der Waals surface area (Å²) in [6.45, 7) is 4.90. The van der Waals surface area contributed by atoms with E-state index in [1.54, 1.807) is 12.1 Å². The van der Waals surface area contributed by atoms with Crippen molar-refractivity contribution in [3.05, 3.63) is 34.9 Å². The Labute approximate surface area is 119 Å². The van der Waals surface area contributed by atoms with Gasteiger partial charge >= 0.3 is 0 Å². The van der Waals surface area contributed by atoms with Crippen molar-refractivity contribution in [1.29, 1.82) is 0 Å². The minimum Gasteiger partial charge on any atom is -0.298 e. The third-order valence-electron chi connectivity index (χ3n) is 4.19. The Balaban J connectivity index is 1.61. The standard InChI is InChI=1S/C15H19ClN2O/c16-13-4-1-3-12(9-13)15(19)11-17-7-8-18-6-2-5-14(18)10-17/h1,3-4,9,14H,2,5-8,10-11H2. The number of halogens is 1. The number of Topliss-reactive ketones (excluding diaryl/α,β-unsaturated/α-hetero) is 1. The van der Waals surface area contributed by atoms with Crippen molar-refractivity contribution in [3.8, 4) is 0 Å². The van der Waals surface area contributed by atoms with Crippen LogP contribution in [-0.2, 0) is 0 Å². The first-order valence-corrected chi connectivity index (χ1v) is 7.35. The molecule has 2 saturated heterocycles. The predicted molar refractivity (Wildman–Crippen MR) is 76.8 cm³/mol. The maximum atomic E-state index is 12.2. The second kappa shape index (κ2) is 5.61. The van der Waals surface area contributed by atoms with E-state index in [9.17, 15) is 4.79 Å². The lowest BCUT2D eigenvalue weighted by atomic mass is 10.1. The monoisotopic (exact) mass is 278 g/mol. The maximum absolute atomic E-state index is 12.2. The molecule has 2 aliphatic rings.